The van der Waals surface area contributed by atoms with Gasteiger partial charge in [-0.2, -0.15) is 0 Å². The van der Waals surface area contributed by atoms with Gasteiger partial charge in [0.05, 0.1) is 12.4 Å². The second-order valence-electron chi connectivity index (χ2n) is 5.40. The van der Waals surface area contributed by atoms with Gasteiger partial charge in [-0.3, -0.25) is 4.79 Å². The van der Waals surface area contributed by atoms with Crippen LogP contribution in [-0.4, -0.2) is 48.7 Å². The van der Waals surface area contributed by atoms with Crippen LogP contribution in [0, 0.1) is 0 Å². The van der Waals surface area contributed by atoms with Gasteiger partial charge in [0.1, 0.15) is 12.6 Å². The van der Waals surface area contributed by atoms with Crippen molar-refractivity contribution in [2.24, 2.45) is 0 Å². The average molecular weight is 293 g/mol. The fourth-order valence-corrected chi connectivity index (χ4v) is 2.84. The molecular weight excluding hydrogens is 274 g/mol. The summed E-state index contributed by atoms with van der Waals surface area (Å²) >= 11 is 0. The van der Waals surface area contributed by atoms with Crippen molar-refractivity contribution in [3.05, 3.63) is 24.2 Å². The molecule has 0 radical (unpaired) electrons. The number of furan rings is 1. The monoisotopic (exact) mass is 293 g/mol. The molecule has 0 N–H and O–H groups in total. The predicted octanol–water partition coefficient (Wildman–Crippen LogP) is 1.61. The normalized spacial score (nSPS) is 25.2. The zero-order valence-electron chi connectivity index (χ0n) is 11.8. The maximum atomic E-state index is 12.3. The molecule has 3 rings (SSSR count). The Morgan fingerprint density at radius 2 is 2.24 bits per heavy atom. The second-order valence-corrected chi connectivity index (χ2v) is 5.40. The zero-order valence-corrected chi connectivity index (χ0v) is 11.8. The quantitative estimate of drug-likeness (QED) is 0.789. The molecule has 1 aromatic rings. The number of ether oxygens (including phenoxy) is 2. The topological polar surface area (TPSA) is 69.0 Å². The SMILES string of the molecule is O=C(OC[C@H]1CCCO1)[C@@H]1CCCN1C(=O)c1ccco1. The summed E-state index contributed by atoms with van der Waals surface area (Å²) in [7, 11) is 0. The first-order chi connectivity index (χ1) is 10.3. The summed E-state index contributed by atoms with van der Waals surface area (Å²) in [5, 5.41) is 0. The zero-order chi connectivity index (χ0) is 14.7. The van der Waals surface area contributed by atoms with Crippen LogP contribution in [0.3, 0.4) is 0 Å². The van der Waals surface area contributed by atoms with Crippen LogP contribution in [0.1, 0.15) is 36.2 Å². The van der Waals surface area contributed by atoms with Crippen LogP contribution in [0.4, 0.5) is 0 Å². The number of carbonyl (C=O) groups is 2. The summed E-state index contributed by atoms with van der Waals surface area (Å²) in [6.45, 7) is 1.56. The smallest absolute Gasteiger partial charge is 0.328 e. The van der Waals surface area contributed by atoms with Crippen molar-refractivity contribution in [2.45, 2.75) is 37.8 Å². The van der Waals surface area contributed by atoms with Crippen LogP contribution >= 0.6 is 0 Å². The van der Waals surface area contributed by atoms with Crippen molar-refractivity contribution in [1.29, 1.82) is 0 Å². The number of hydrogen-bond donors (Lipinski definition) is 0. The Kier molecular flexibility index (Phi) is 4.24. The number of amides is 1. The highest BCUT2D eigenvalue weighted by molar-refractivity contribution is 5.94. The van der Waals surface area contributed by atoms with E-state index >= 15 is 0 Å². The van der Waals surface area contributed by atoms with Gasteiger partial charge >= 0.3 is 5.97 Å². The molecule has 0 saturated carbocycles. The molecule has 21 heavy (non-hydrogen) atoms. The van der Waals surface area contributed by atoms with Gasteiger partial charge in [-0.05, 0) is 37.8 Å². The van der Waals surface area contributed by atoms with Crippen LogP contribution < -0.4 is 0 Å². The third-order valence-corrected chi connectivity index (χ3v) is 3.95. The van der Waals surface area contributed by atoms with Gasteiger partial charge in [-0.1, -0.05) is 0 Å². The van der Waals surface area contributed by atoms with Crippen molar-refractivity contribution < 1.29 is 23.5 Å². The van der Waals surface area contributed by atoms with E-state index in [1.807, 2.05) is 0 Å². The molecule has 0 aromatic carbocycles. The summed E-state index contributed by atoms with van der Waals surface area (Å²) in [5.41, 5.74) is 0. The fourth-order valence-electron chi connectivity index (χ4n) is 2.84. The van der Waals surface area contributed by atoms with Crippen LogP contribution in [0.15, 0.2) is 22.8 Å². The first kappa shape index (κ1) is 14.1. The third-order valence-electron chi connectivity index (χ3n) is 3.95. The predicted molar refractivity (Wildman–Crippen MR) is 72.7 cm³/mol. The molecule has 2 fully saturated rings. The lowest BCUT2D eigenvalue weighted by Gasteiger charge is -2.22. The summed E-state index contributed by atoms with van der Waals surface area (Å²) < 4.78 is 15.9. The highest BCUT2D eigenvalue weighted by atomic mass is 16.6. The Hall–Kier alpha value is -1.82. The lowest BCUT2D eigenvalue weighted by Crippen LogP contribution is -2.41. The molecule has 2 saturated heterocycles. The van der Waals surface area contributed by atoms with Gasteiger partial charge < -0.3 is 18.8 Å². The van der Waals surface area contributed by atoms with E-state index in [4.69, 9.17) is 13.9 Å². The molecule has 2 aliphatic rings. The number of nitrogens with zero attached hydrogens (tertiary/aromatic N) is 1. The molecule has 0 bridgehead atoms. The van der Waals surface area contributed by atoms with Gasteiger partial charge in [-0.25, -0.2) is 4.79 Å². The van der Waals surface area contributed by atoms with Gasteiger partial charge in [0.15, 0.2) is 5.76 Å². The molecule has 1 amide bonds. The number of rotatable bonds is 4. The first-order valence-corrected chi connectivity index (χ1v) is 7.38. The molecule has 1 aromatic heterocycles. The minimum absolute atomic E-state index is 0.00424. The number of esters is 1. The van der Waals surface area contributed by atoms with E-state index in [0.29, 0.717) is 13.0 Å². The number of carbonyl (C=O) groups excluding carboxylic acids is 2. The standard InChI is InChI=1S/C15H19NO5/c17-14(13-6-3-9-20-13)16-7-1-5-12(16)15(18)21-10-11-4-2-8-19-11/h3,6,9,11-12H,1-2,4-5,7-8,10H2/t11-,12+/m1/s1. The molecule has 6 nitrogen and oxygen atoms in total. The summed E-state index contributed by atoms with van der Waals surface area (Å²) in [6.07, 6.45) is 4.82. The van der Waals surface area contributed by atoms with Crippen molar-refractivity contribution in [1.82, 2.24) is 4.90 Å². The van der Waals surface area contributed by atoms with Gasteiger partial charge in [-0.15, -0.1) is 0 Å². The minimum Gasteiger partial charge on any atom is -0.461 e. The van der Waals surface area contributed by atoms with E-state index in [1.54, 1.807) is 12.1 Å². The van der Waals surface area contributed by atoms with Crippen LogP contribution in [0.5, 0.6) is 0 Å². The van der Waals surface area contributed by atoms with Crippen LogP contribution in [-0.2, 0) is 14.3 Å². The Balaban J connectivity index is 1.58. The van der Waals surface area contributed by atoms with Crippen LogP contribution in [0.2, 0.25) is 0 Å². The third kappa shape index (κ3) is 3.10. The Morgan fingerprint density at radius 3 is 2.95 bits per heavy atom. The van der Waals surface area contributed by atoms with E-state index in [9.17, 15) is 9.59 Å². The molecule has 0 unspecified atom stereocenters. The summed E-state index contributed by atoms with van der Waals surface area (Å²) in [5.74, 6) is -0.340. The Labute approximate surface area is 123 Å². The van der Waals surface area contributed by atoms with E-state index in [2.05, 4.69) is 0 Å². The number of likely N-dealkylation sites (tertiary alicyclic amines) is 1. The molecule has 2 atom stereocenters. The van der Waals surface area contributed by atoms with E-state index in [-0.39, 0.29) is 30.3 Å². The van der Waals surface area contributed by atoms with Crippen LogP contribution in [0.25, 0.3) is 0 Å². The maximum absolute atomic E-state index is 12.3. The highest BCUT2D eigenvalue weighted by Crippen LogP contribution is 2.22. The molecule has 0 aliphatic carbocycles. The summed E-state index contributed by atoms with van der Waals surface area (Å²) in [4.78, 5) is 26.0. The Bertz CT molecular complexity index is 492. The van der Waals surface area contributed by atoms with Crippen molar-refractivity contribution in [2.75, 3.05) is 19.8 Å². The van der Waals surface area contributed by atoms with Crippen molar-refractivity contribution >= 4 is 11.9 Å². The molecule has 2 aliphatic heterocycles. The Morgan fingerprint density at radius 1 is 1.33 bits per heavy atom. The largest absolute Gasteiger partial charge is 0.461 e. The van der Waals surface area contributed by atoms with Crippen molar-refractivity contribution in [3.63, 3.8) is 0 Å². The first-order valence-electron chi connectivity index (χ1n) is 7.38. The molecule has 0 spiro atoms. The molecule has 6 heteroatoms. The van der Waals surface area contributed by atoms with E-state index in [0.717, 1.165) is 25.9 Å². The van der Waals surface area contributed by atoms with E-state index < -0.39 is 6.04 Å². The maximum Gasteiger partial charge on any atom is 0.328 e. The highest BCUT2D eigenvalue weighted by Gasteiger charge is 2.37. The summed E-state index contributed by atoms with van der Waals surface area (Å²) in [6, 6.07) is 2.76. The second kappa shape index (κ2) is 6.30. The minimum atomic E-state index is -0.510. The molecule has 114 valence electrons. The van der Waals surface area contributed by atoms with Gasteiger partial charge in [0, 0.05) is 13.2 Å². The average Bonchev–Trinajstić information content (AvgIpc) is 3.26. The lowest BCUT2D eigenvalue weighted by molar-refractivity contribution is -0.151. The van der Waals surface area contributed by atoms with Gasteiger partial charge in [0.2, 0.25) is 0 Å². The molecule has 3 heterocycles. The van der Waals surface area contributed by atoms with Crippen molar-refractivity contribution in [3.8, 4) is 0 Å². The van der Waals surface area contributed by atoms with E-state index in [1.165, 1.54) is 11.2 Å². The van der Waals surface area contributed by atoms with Gasteiger partial charge in [0.25, 0.3) is 5.91 Å². The number of hydrogen-bond acceptors (Lipinski definition) is 5. The molecular formula is C15H19NO5. The lowest BCUT2D eigenvalue weighted by atomic mass is 10.2. The fraction of sp³-hybridized carbons (Fsp3) is 0.600.